The maximum atomic E-state index is 14.9. The van der Waals surface area contributed by atoms with Crippen LogP contribution < -0.4 is 19.7 Å². The number of urea groups is 1. The Bertz CT molecular complexity index is 1810. The lowest BCUT2D eigenvalue weighted by atomic mass is 10.0. The first-order valence-electron chi connectivity index (χ1n) is 13.7. The molecule has 17 heteroatoms. The van der Waals surface area contributed by atoms with Gasteiger partial charge in [-0.15, -0.1) is 18.3 Å². The molecule has 0 radical (unpaired) electrons. The highest BCUT2D eigenvalue weighted by Gasteiger charge is 2.33. The summed E-state index contributed by atoms with van der Waals surface area (Å²) in [6, 6.07) is 11.1. The van der Waals surface area contributed by atoms with Gasteiger partial charge in [0.15, 0.2) is 35.1 Å². The van der Waals surface area contributed by atoms with Crippen molar-refractivity contribution in [3.63, 3.8) is 0 Å². The maximum Gasteiger partial charge on any atom is 0.573 e. The van der Waals surface area contributed by atoms with E-state index in [-0.39, 0.29) is 34.3 Å². The van der Waals surface area contributed by atoms with Crippen molar-refractivity contribution in [2.45, 2.75) is 26.3 Å². The molecule has 0 spiro atoms. The van der Waals surface area contributed by atoms with E-state index in [4.69, 9.17) is 9.47 Å². The molecule has 1 N–H and O–H groups in total. The van der Waals surface area contributed by atoms with E-state index in [9.17, 15) is 31.5 Å². The second-order valence-electron chi connectivity index (χ2n) is 9.95. The van der Waals surface area contributed by atoms with Gasteiger partial charge in [-0.05, 0) is 61.9 Å². The number of ether oxygens (including phenoxy) is 3. The molecule has 1 aromatic heterocycles. The van der Waals surface area contributed by atoms with Gasteiger partial charge in [-0.1, -0.05) is 23.9 Å². The number of methoxy groups -OCH3 is 1. The fourth-order valence-corrected chi connectivity index (χ4v) is 5.30. The van der Waals surface area contributed by atoms with Gasteiger partial charge in [0.25, 0.3) is 0 Å². The van der Waals surface area contributed by atoms with Crippen molar-refractivity contribution in [2.24, 2.45) is 4.99 Å². The molecule has 1 atom stereocenters. The lowest BCUT2D eigenvalue weighted by molar-refractivity contribution is -0.274. The molecule has 2 heterocycles. The Morgan fingerprint density at radius 2 is 1.81 bits per heavy atom. The largest absolute Gasteiger partial charge is 0.573 e. The number of alkyl halides is 3. The first-order chi connectivity index (χ1) is 22.3. The zero-order valence-corrected chi connectivity index (χ0v) is 25.7. The third kappa shape index (κ3) is 7.86. The van der Waals surface area contributed by atoms with Crippen LogP contribution in [0.5, 0.6) is 11.5 Å². The standard InChI is InChI=1S/C30H25F5N6O5S/c1-16-4-9-21(17(2)44-3)24(10-16)41-25(42)13-47-29(41)38-28(43)37-15-45-26-22(31)11-18(12-23(26)32)27-36-14-40(39-27)19-5-7-20(8-6-19)46-30(33,34)35/h4-12,14,17H,13,15H2,1-3H3,(H,37,43). The van der Waals surface area contributed by atoms with Crippen LogP contribution in [0.3, 0.4) is 0 Å². The van der Waals surface area contributed by atoms with Crippen LogP contribution in [0, 0.1) is 18.6 Å². The van der Waals surface area contributed by atoms with Gasteiger partial charge in [-0.3, -0.25) is 9.69 Å². The van der Waals surface area contributed by atoms with Crippen molar-refractivity contribution in [1.82, 2.24) is 20.1 Å². The predicted molar refractivity (Wildman–Crippen MR) is 161 cm³/mol. The zero-order valence-electron chi connectivity index (χ0n) is 24.8. The number of aromatic nitrogens is 3. The Labute approximate surface area is 268 Å². The highest BCUT2D eigenvalue weighted by atomic mass is 32.2. The summed E-state index contributed by atoms with van der Waals surface area (Å²) in [7, 11) is 1.53. The fourth-order valence-electron chi connectivity index (χ4n) is 4.44. The molecular formula is C30H25F5N6O5S. The van der Waals surface area contributed by atoms with Gasteiger partial charge in [-0.2, -0.15) is 4.99 Å². The molecule has 3 amide bonds. The van der Waals surface area contributed by atoms with Crippen molar-refractivity contribution in [3.8, 4) is 28.6 Å². The molecule has 4 aromatic rings. The van der Waals surface area contributed by atoms with E-state index in [0.717, 1.165) is 47.2 Å². The van der Waals surface area contributed by atoms with Crippen LogP contribution in [0.1, 0.15) is 24.2 Å². The van der Waals surface area contributed by atoms with E-state index in [2.05, 4.69) is 25.1 Å². The number of benzene rings is 3. The van der Waals surface area contributed by atoms with E-state index in [1.54, 1.807) is 6.07 Å². The van der Waals surface area contributed by atoms with Gasteiger partial charge in [0, 0.05) is 18.2 Å². The number of carbonyl (C=O) groups excluding carboxylic acids is 2. The number of thioether (sulfide) groups is 1. The third-order valence-electron chi connectivity index (χ3n) is 6.70. The lowest BCUT2D eigenvalue weighted by Gasteiger charge is -2.23. The fraction of sp³-hybridized carbons (Fsp3) is 0.233. The van der Waals surface area contributed by atoms with E-state index in [0.29, 0.717) is 11.4 Å². The van der Waals surface area contributed by atoms with Crippen LogP contribution in [-0.2, 0) is 9.53 Å². The number of rotatable bonds is 9. The summed E-state index contributed by atoms with van der Waals surface area (Å²) in [6.07, 6.45) is -3.99. The van der Waals surface area contributed by atoms with Crippen LogP contribution in [0.25, 0.3) is 17.1 Å². The summed E-state index contributed by atoms with van der Waals surface area (Å²) >= 11 is 1.06. The third-order valence-corrected chi connectivity index (χ3v) is 7.63. The average molecular weight is 677 g/mol. The molecular weight excluding hydrogens is 651 g/mol. The number of hydrogen-bond donors (Lipinski definition) is 1. The highest BCUT2D eigenvalue weighted by molar-refractivity contribution is 8.15. The Hall–Kier alpha value is -5.03. The summed E-state index contributed by atoms with van der Waals surface area (Å²) in [6.45, 7) is 3.02. The summed E-state index contributed by atoms with van der Waals surface area (Å²) in [5.74, 6) is -3.78. The molecule has 1 aliphatic rings. The maximum absolute atomic E-state index is 14.9. The summed E-state index contributed by atoms with van der Waals surface area (Å²) in [5, 5.41) is 6.52. The van der Waals surface area contributed by atoms with Gasteiger partial charge >= 0.3 is 12.4 Å². The monoisotopic (exact) mass is 676 g/mol. The Morgan fingerprint density at radius 1 is 1.11 bits per heavy atom. The average Bonchev–Trinajstić information content (AvgIpc) is 3.64. The Morgan fingerprint density at radius 3 is 2.47 bits per heavy atom. The Balaban J connectivity index is 1.24. The van der Waals surface area contributed by atoms with Crippen LogP contribution in [0.15, 0.2) is 65.9 Å². The SMILES string of the molecule is COC(C)c1ccc(C)cc1N1C(=O)CSC1=NC(=O)NCOc1c(F)cc(-c2ncn(-c3ccc(OC(F)(F)F)cc3)n2)cc1F. The minimum atomic E-state index is -4.85. The van der Waals surface area contributed by atoms with Gasteiger partial charge in [0.05, 0.1) is 23.2 Å². The zero-order chi connectivity index (χ0) is 33.9. The number of nitrogens with one attached hydrogen (secondary N) is 1. The van der Waals surface area contributed by atoms with E-state index in [1.807, 2.05) is 26.0 Å². The number of halogens is 5. The number of amides is 3. The predicted octanol–water partition coefficient (Wildman–Crippen LogP) is 6.31. The van der Waals surface area contributed by atoms with Crippen molar-refractivity contribution >= 4 is 34.6 Å². The lowest BCUT2D eigenvalue weighted by Crippen LogP contribution is -2.33. The number of nitrogens with zero attached hydrogens (tertiary/aromatic N) is 5. The first kappa shape index (κ1) is 33.3. The second-order valence-corrected chi connectivity index (χ2v) is 10.9. The van der Waals surface area contributed by atoms with Crippen molar-refractivity contribution < 1.29 is 45.8 Å². The van der Waals surface area contributed by atoms with Crippen LogP contribution in [-0.4, -0.2) is 57.8 Å². The van der Waals surface area contributed by atoms with E-state index < -0.39 is 42.3 Å². The minimum absolute atomic E-state index is 0.0520. The topological polar surface area (TPSA) is 120 Å². The normalized spacial score (nSPS) is 14.9. The molecule has 3 aromatic carbocycles. The summed E-state index contributed by atoms with van der Waals surface area (Å²) < 4.78 is 82.5. The molecule has 5 rings (SSSR count). The summed E-state index contributed by atoms with van der Waals surface area (Å²) in [4.78, 5) is 34.7. The number of aliphatic imine (C=N–C) groups is 1. The molecule has 11 nitrogen and oxygen atoms in total. The number of amidine groups is 1. The highest BCUT2D eigenvalue weighted by Crippen LogP contribution is 2.35. The summed E-state index contributed by atoms with van der Waals surface area (Å²) in [5.41, 5.74) is 2.37. The van der Waals surface area contributed by atoms with Gasteiger partial charge in [0.1, 0.15) is 12.1 Å². The Kier molecular flexibility index (Phi) is 9.76. The second kappa shape index (κ2) is 13.8. The van der Waals surface area contributed by atoms with E-state index >= 15 is 0 Å². The quantitative estimate of drug-likeness (QED) is 0.162. The molecule has 1 aliphatic heterocycles. The molecule has 246 valence electrons. The number of carbonyl (C=O) groups is 2. The molecule has 0 saturated carbocycles. The van der Waals surface area contributed by atoms with Crippen LogP contribution in [0.4, 0.5) is 32.4 Å². The molecule has 0 aliphatic carbocycles. The molecule has 47 heavy (non-hydrogen) atoms. The van der Waals surface area contributed by atoms with Gasteiger partial charge in [-0.25, -0.2) is 23.2 Å². The number of anilines is 1. The number of aryl methyl sites for hydroxylation is 1. The minimum Gasteiger partial charge on any atom is -0.467 e. The molecule has 1 saturated heterocycles. The first-order valence-corrected chi connectivity index (χ1v) is 14.7. The van der Waals surface area contributed by atoms with Crippen molar-refractivity contribution in [3.05, 3.63) is 83.7 Å². The van der Waals surface area contributed by atoms with Gasteiger partial charge in [0.2, 0.25) is 5.91 Å². The smallest absolute Gasteiger partial charge is 0.467 e. The molecule has 0 bridgehead atoms. The molecule has 1 fully saturated rings. The van der Waals surface area contributed by atoms with Crippen LogP contribution >= 0.6 is 11.8 Å². The van der Waals surface area contributed by atoms with Crippen molar-refractivity contribution in [1.29, 1.82) is 0 Å². The van der Waals surface area contributed by atoms with E-state index in [1.165, 1.54) is 35.2 Å². The number of hydrogen-bond acceptors (Lipinski definition) is 8. The van der Waals surface area contributed by atoms with Crippen molar-refractivity contribution in [2.75, 3.05) is 24.5 Å². The van der Waals surface area contributed by atoms with Gasteiger partial charge < -0.3 is 19.5 Å². The van der Waals surface area contributed by atoms with Crippen LogP contribution in [0.2, 0.25) is 0 Å². The molecule has 1 unspecified atom stereocenters.